The molecule has 1 aliphatic heterocycles. The lowest BCUT2D eigenvalue weighted by atomic mass is 10.1. The fourth-order valence-corrected chi connectivity index (χ4v) is 2.54. The van der Waals surface area contributed by atoms with E-state index in [2.05, 4.69) is 11.6 Å². The van der Waals surface area contributed by atoms with Crippen molar-refractivity contribution < 1.29 is 4.79 Å². The smallest absolute Gasteiger partial charge is 0.240 e. The molecular formula is C13H18N2OS. The summed E-state index contributed by atoms with van der Waals surface area (Å²) < 4.78 is 0. The number of benzene rings is 1. The van der Waals surface area contributed by atoms with Gasteiger partial charge in [-0.2, -0.15) is 11.8 Å². The first-order valence-electron chi connectivity index (χ1n) is 5.89. The Bertz CT molecular complexity index is 369. The first-order chi connectivity index (χ1) is 8.31. The fourth-order valence-electron chi connectivity index (χ4n) is 2.02. The average Bonchev–Trinajstić information content (AvgIpc) is 2.39. The number of carbonyl (C=O) groups excluding carboxylic acids is 1. The molecule has 1 aromatic rings. The molecule has 2 rings (SSSR count). The topological polar surface area (TPSA) is 32.3 Å². The van der Waals surface area contributed by atoms with Crippen LogP contribution in [0.15, 0.2) is 30.3 Å². The summed E-state index contributed by atoms with van der Waals surface area (Å²) >= 11 is 1.85. The number of hydrogen-bond donors (Lipinski definition) is 1. The van der Waals surface area contributed by atoms with Gasteiger partial charge in [0, 0.05) is 18.3 Å². The summed E-state index contributed by atoms with van der Waals surface area (Å²) in [5.74, 6) is 1.30. The highest BCUT2D eigenvalue weighted by Crippen LogP contribution is 2.17. The number of anilines is 1. The largest absolute Gasteiger partial charge is 0.310 e. The van der Waals surface area contributed by atoms with E-state index in [1.165, 1.54) is 0 Å². The van der Waals surface area contributed by atoms with E-state index in [4.69, 9.17) is 0 Å². The van der Waals surface area contributed by atoms with Crippen molar-refractivity contribution in [2.75, 3.05) is 30.0 Å². The summed E-state index contributed by atoms with van der Waals surface area (Å²) in [6.45, 7) is 1.23. The molecule has 17 heavy (non-hydrogen) atoms. The molecule has 1 unspecified atom stereocenters. The van der Waals surface area contributed by atoms with Crippen molar-refractivity contribution in [3.05, 3.63) is 30.3 Å². The monoisotopic (exact) mass is 250 g/mol. The van der Waals surface area contributed by atoms with Gasteiger partial charge in [-0.05, 0) is 30.6 Å². The predicted molar refractivity (Wildman–Crippen MR) is 73.6 cm³/mol. The van der Waals surface area contributed by atoms with E-state index in [-0.39, 0.29) is 5.91 Å². The van der Waals surface area contributed by atoms with Crippen molar-refractivity contribution >= 4 is 23.4 Å². The van der Waals surface area contributed by atoms with Crippen LogP contribution in [-0.2, 0) is 4.79 Å². The highest BCUT2D eigenvalue weighted by Gasteiger charge is 2.25. The number of nitrogens with zero attached hydrogens (tertiary/aromatic N) is 1. The SMILES string of the molecule is CSCCC1CN(c2ccccc2)C(=O)CN1. The maximum atomic E-state index is 11.9. The molecule has 1 aliphatic rings. The van der Waals surface area contributed by atoms with Crippen molar-refractivity contribution in [1.82, 2.24) is 5.32 Å². The molecule has 1 N–H and O–H groups in total. The predicted octanol–water partition coefficient (Wildman–Crippen LogP) is 1.74. The van der Waals surface area contributed by atoms with E-state index in [0.717, 1.165) is 24.4 Å². The second kappa shape index (κ2) is 6.07. The number of carbonyl (C=O) groups is 1. The highest BCUT2D eigenvalue weighted by atomic mass is 32.2. The summed E-state index contributed by atoms with van der Waals surface area (Å²) in [7, 11) is 0. The van der Waals surface area contributed by atoms with Crippen LogP contribution in [0.3, 0.4) is 0 Å². The van der Waals surface area contributed by atoms with E-state index in [1.54, 1.807) is 0 Å². The molecule has 1 aromatic carbocycles. The van der Waals surface area contributed by atoms with Gasteiger partial charge in [0.2, 0.25) is 5.91 Å². The van der Waals surface area contributed by atoms with Gasteiger partial charge in [-0.15, -0.1) is 0 Å². The second-order valence-electron chi connectivity index (χ2n) is 4.20. The maximum absolute atomic E-state index is 11.9. The van der Waals surface area contributed by atoms with Crippen molar-refractivity contribution in [2.45, 2.75) is 12.5 Å². The van der Waals surface area contributed by atoms with Crippen LogP contribution >= 0.6 is 11.8 Å². The van der Waals surface area contributed by atoms with E-state index in [0.29, 0.717) is 12.6 Å². The van der Waals surface area contributed by atoms with Crippen molar-refractivity contribution in [3.8, 4) is 0 Å². The molecule has 3 nitrogen and oxygen atoms in total. The van der Waals surface area contributed by atoms with E-state index in [1.807, 2.05) is 47.0 Å². The quantitative estimate of drug-likeness (QED) is 0.883. The molecule has 0 radical (unpaired) electrons. The zero-order chi connectivity index (χ0) is 12.1. The van der Waals surface area contributed by atoms with Gasteiger partial charge >= 0.3 is 0 Å². The molecule has 4 heteroatoms. The molecular weight excluding hydrogens is 232 g/mol. The molecule has 0 saturated carbocycles. The minimum Gasteiger partial charge on any atom is -0.310 e. The van der Waals surface area contributed by atoms with Gasteiger partial charge in [0.05, 0.1) is 6.54 Å². The molecule has 0 bridgehead atoms. The van der Waals surface area contributed by atoms with Crippen molar-refractivity contribution in [2.24, 2.45) is 0 Å². The molecule has 0 aromatic heterocycles. The number of rotatable bonds is 4. The van der Waals surface area contributed by atoms with Gasteiger partial charge in [-0.3, -0.25) is 4.79 Å². The van der Waals surface area contributed by atoms with Gasteiger partial charge in [-0.1, -0.05) is 18.2 Å². The zero-order valence-corrected chi connectivity index (χ0v) is 10.9. The Balaban J connectivity index is 2.02. The summed E-state index contributed by atoms with van der Waals surface area (Å²) in [6, 6.07) is 10.3. The summed E-state index contributed by atoms with van der Waals surface area (Å²) in [4.78, 5) is 13.8. The Morgan fingerprint density at radius 2 is 2.18 bits per heavy atom. The minimum absolute atomic E-state index is 0.164. The number of amides is 1. The molecule has 92 valence electrons. The number of nitrogens with one attached hydrogen (secondary N) is 1. The lowest BCUT2D eigenvalue weighted by Crippen LogP contribution is -2.54. The summed E-state index contributed by atoms with van der Waals surface area (Å²) in [5.41, 5.74) is 1.01. The van der Waals surface area contributed by atoms with Gasteiger partial charge in [-0.25, -0.2) is 0 Å². The highest BCUT2D eigenvalue weighted by molar-refractivity contribution is 7.98. The van der Waals surface area contributed by atoms with Crippen LogP contribution in [0, 0.1) is 0 Å². The average molecular weight is 250 g/mol. The number of thioether (sulfide) groups is 1. The third kappa shape index (κ3) is 3.23. The third-order valence-corrected chi connectivity index (χ3v) is 3.63. The summed E-state index contributed by atoms with van der Waals surface area (Å²) in [5, 5.41) is 3.30. The molecule has 1 fully saturated rings. The second-order valence-corrected chi connectivity index (χ2v) is 5.18. The fraction of sp³-hybridized carbons (Fsp3) is 0.462. The van der Waals surface area contributed by atoms with Crippen LogP contribution in [0.1, 0.15) is 6.42 Å². The first kappa shape index (κ1) is 12.5. The lowest BCUT2D eigenvalue weighted by molar-refractivity contribution is -0.119. The van der Waals surface area contributed by atoms with Crippen LogP contribution < -0.4 is 10.2 Å². The van der Waals surface area contributed by atoms with Gasteiger partial charge in [0.25, 0.3) is 0 Å². The van der Waals surface area contributed by atoms with Crippen molar-refractivity contribution in [1.29, 1.82) is 0 Å². The molecule has 0 spiro atoms. The molecule has 0 aliphatic carbocycles. The Morgan fingerprint density at radius 3 is 2.88 bits per heavy atom. The van der Waals surface area contributed by atoms with Gasteiger partial charge < -0.3 is 10.2 Å². The third-order valence-electron chi connectivity index (χ3n) is 2.98. The van der Waals surface area contributed by atoms with Crippen LogP contribution in [0.5, 0.6) is 0 Å². The van der Waals surface area contributed by atoms with E-state index in [9.17, 15) is 4.79 Å². The Labute approximate surface area is 107 Å². The lowest BCUT2D eigenvalue weighted by Gasteiger charge is -2.33. The Hall–Kier alpha value is -1.00. The molecule has 1 saturated heterocycles. The number of para-hydroxylation sites is 1. The molecule has 1 amide bonds. The summed E-state index contributed by atoms with van der Waals surface area (Å²) in [6.07, 6.45) is 3.22. The molecule has 1 heterocycles. The number of hydrogen-bond acceptors (Lipinski definition) is 3. The minimum atomic E-state index is 0.164. The standard InChI is InChI=1S/C13H18N2OS/c1-17-8-7-11-10-15(13(16)9-14-11)12-5-3-2-4-6-12/h2-6,11,14H,7-10H2,1H3. The van der Waals surface area contributed by atoms with Gasteiger partial charge in [0.15, 0.2) is 0 Å². The Morgan fingerprint density at radius 1 is 1.41 bits per heavy atom. The van der Waals surface area contributed by atoms with E-state index < -0.39 is 0 Å². The van der Waals surface area contributed by atoms with Crippen LogP contribution in [-0.4, -0.2) is 37.0 Å². The van der Waals surface area contributed by atoms with E-state index >= 15 is 0 Å². The first-order valence-corrected chi connectivity index (χ1v) is 7.28. The van der Waals surface area contributed by atoms with Crippen molar-refractivity contribution in [3.63, 3.8) is 0 Å². The maximum Gasteiger partial charge on any atom is 0.240 e. The van der Waals surface area contributed by atoms with Crippen LogP contribution in [0.2, 0.25) is 0 Å². The Kier molecular flexibility index (Phi) is 4.45. The number of piperazine rings is 1. The zero-order valence-electron chi connectivity index (χ0n) is 10.1. The van der Waals surface area contributed by atoms with Crippen LogP contribution in [0.4, 0.5) is 5.69 Å². The molecule has 1 atom stereocenters. The normalized spacial score (nSPS) is 20.6. The van der Waals surface area contributed by atoms with Gasteiger partial charge in [0.1, 0.15) is 0 Å². The van der Waals surface area contributed by atoms with Crippen LogP contribution in [0.25, 0.3) is 0 Å².